The summed E-state index contributed by atoms with van der Waals surface area (Å²) in [5, 5.41) is 0. The Labute approximate surface area is 67.0 Å². The van der Waals surface area contributed by atoms with E-state index in [1.54, 1.807) is 0 Å². The number of carbonyl (C=O) groups is 2. The molecule has 0 aromatic heterocycles. The van der Waals surface area contributed by atoms with Crippen molar-refractivity contribution in [3.8, 4) is 0 Å². The van der Waals surface area contributed by atoms with Gasteiger partial charge < -0.3 is 0 Å². The number of ketones is 2. The Morgan fingerprint density at radius 2 is 2.18 bits per heavy atom. The Bertz CT molecular complexity index is 184. The average molecular weight is 154 g/mol. The highest BCUT2D eigenvalue weighted by molar-refractivity contribution is 6.02. The van der Waals surface area contributed by atoms with Gasteiger partial charge in [-0.2, -0.15) is 0 Å². The zero-order chi connectivity index (χ0) is 8.43. The van der Waals surface area contributed by atoms with Crippen LogP contribution >= 0.6 is 0 Å². The van der Waals surface area contributed by atoms with Crippen molar-refractivity contribution in [1.82, 2.24) is 0 Å². The van der Waals surface area contributed by atoms with Crippen molar-refractivity contribution in [2.45, 2.75) is 33.1 Å². The monoisotopic (exact) mass is 154 g/mol. The minimum Gasteiger partial charge on any atom is -0.299 e. The maximum Gasteiger partial charge on any atom is 0.143 e. The summed E-state index contributed by atoms with van der Waals surface area (Å²) in [6.07, 6.45) is 2.59. The van der Waals surface area contributed by atoms with Crippen LogP contribution in [0.25, 0.3) is 0 Å². The Kier molecular flexibility index (Phi) is 2.42. The van der Waals surface area contributed by atoms with Crippen molar-refractivity contribution in [3.63, 3.8) is 0 Å². The molecule has 0 aliphatic heterocycles. The van der Waals surface area contributed by atoms with Gasteiger partial charge in [0.2, 0.25) is 0 Å². The largest absolute Gasteiger partial charge is 0.299 e. The molecule has 1 aliphatic carbocycles. The molecule has 0 aromatic rings. The molecule has 0 saturated heterocycles. The van der Waals surface area contributed by atoms with Gasteiger partial charge in [0.1, 0.15) is 11.6 Å². The Morgan fingerprint density at radius 3 is 2.55 bits per heavy atom. The molecule has 1 rings (SSSR count). The molecule has 1 fully saturated rings. The van der Waals surface area contributed by atoms with Gasteiger partial charge in [0, 0.05) is 6.42 Å². The lowest BCUT2D eigenvalue weighted by atomic mass is 9.77. The number of hydrogen-bond acceptors (Lipinski definition) is 2. The molecule has 0 N–H and O–H groups in total. The van der Waals surface area contributed by atoms with Crippen LogP contribution in [-0.4, -0.2) is 11.6 Å². The molecular formula is C9H14O2. The Morgan fingerprint density at radius 1 is 1.55 bits per heavy atom. The first-order valence-electron chi connectivity index (χ1n) is 4.16. The van der Waals surface area contributed by atoms with Crippen LogP contribution in [0.4, 0.5) is 0 Å². The predicted octanol–water partition coefficient (Wildman–Crippen LogP) is 1.58. The van der Waals surface area contributed by atoms with E-state index in [4.69, 9.17) is 0 Å². The first-order chi connectivity index (χ1) is 5.13. The third-order valence-corrected chi connectivity index (χ3v) is 2.44. The second kappa shape index (κ2) is 3.16. The van der Waals surface area contributed by atoms with Gasteiger partial charge in [0.25, 0.3) is 0 Å². The van der Waals surface area contributed by atoms with Gasteiger partial charge in [-0.05, 0) is 25.7 Å². The zero-order valence-corrected chi connectivity index (χ0v) is 7.09. The van der Waals surface area contributed by atoms with E-state index in [2.05, 4.69) is 0 Å². The quantitative estimate of drug-likeness (QED) is 0.537. The fourth-order valence-electron chi connectivity index (χ4n) is 1.87. The Hall–Kier alpha value is -0.660. The molecule has 0 bridgehead atoms. The topological polar surface area (TPSA) is 34.1 Å². The van der Waals surface area contributed by atoms with Gasteiger partial charge in [0.05, 0.1) is 5.92 Å². The summed E-state index contributed by atoms with van der Waals surface area (Å²) >= 11 is 0. The van der Waals surface area contributed by atoms with Crippen molar-refractivity contribution in [2.24, 2.45) is 11.8 Å². The van der Waals surface area contributed by atoms with Crippen LogP contribution in [0.5, 0.6) is 0 Å². The van der Waals surface area contributed by atoms with Gasteiger partial charge in [0.15, 0.2) is 0 Å². The third-order valence-electron chi connectivity index (χ3n) is 2.44. The van der Waals surface area contributed by atoms with Crippen molar-refractivity contribution in [2.75, 3.05) is 0 Å². The minimum atomic E-state index is -0.288. The van der Waals surface area contributed by atoms with Crippen LogP contribution in [0, 0.1) is 11.8 Å². The maximum absolute atomic E-state index is 11.2. The van der Waals surface area contributed by atoms with Crippen LogP contribution in [0.2, 0.25) is 0 Å². The van der Waals surface area contributed by atoms with Gasteiger partial charge in [-0.3, -0.25) is 9.59 Å². The highest BCUT2D eigenvalue weighted by Gasteiger charge is 2.31. The molecular weight excluding hydrogens is 140 g/mol. The lowest BCUT2D eigenvalue weighted by molar-refractivity contribution is -0.135. The number of rotatable bonds is 1. The molecule has 0 aromatic carbocycles. The summed E-state index contributed by atoms with van der Waals surface area (Å²) in [6, 6.07) is 0. The second-order valence-corrected chi connectivity index (χ2v) is 3.42. The third kappa shape index (κ3) is 1.67. The van der Waals surface area contributed by atoms with Crippen LogP contribution < -0.4 is 0 Å². The van der Waals surface area contributed by atoms with E-state index in [0.29, 0.717) is 6.42 Å². The zero-order valence-electron chi connectivity index (χ0n) is 7.09. The summed E-state index contributed by atoms with van der Waals surface area (Å²) < 4.78 is 0. The summed E-state index contributed by atoms with van der Waals surface area (Å²) in [6.45, 7) is 3.51. The van der Waals surface area contributed by atoms with Gasteiger partial charge in [-0.15, -0.1) is 0 Å². The summed E-state index contributed by atoms with van der Waals surface area (Å²) in [5.41, 5.74) is 0. The van der Waals surface area contributed by atoms with E-state index in [1.165, 1.54) is 6.92 Å². The fourth-order valence-corrected chi connectivity index (χ4v) is 1.87. The SMILES string of the molecule is CC(=O)[C@@H]1C(=O)CCC[C@H]1C. The van der Waals surface area contributed by atoms with Crippen LogP contribution in [0.3, 0.4) is 0 Å². The van der Waals surface area contributed by atoms with E-state index < -0.39 is 0 Å². The molecule has 0 unspecified atom stereocenters. The molecule has 0 spiro atoms. The number of Topliss-reactive ketones (excluding diaryl/α,β-unsaturated/α-hetero) is 2. The van der Waals surface area contributed by atoms with E-state index in [-0.39, 0.29) is 23.4 Å². The van der Waals surface area contributed by atoms with Crippen molar-refractivity contribution in [1.29, 1.82) is 0 Å². The molecule has 2 nitrogen and oxygen atoms in total. The highest BCUT2D eigenvalue weighted by atomic mass is 16.1. The minimum absolute atomic E-state index is 0.0437. The molecule has 0 radical (unpaired) electrons. The molecule has 1 saturated carbocycles. The highest BCUT2D eigenvalue weighted by Crippen LogP contribution is 2.27. The van der Waals surface area contributed by atoms with Crippen molar-refractivity contribution in [3.05, 3.63) is 0 Å². The smallest absolute Gasteiger partial charge is 0.143 e. The summed E-state index contributed by atoms with van der Waals surface area (Å²) in [7, 11) is 0. The fraction of sp³-hybridized carbons (Fsp3) is 0.778. The molecule has 0 amide bonds. The normalized spacial score (nSPS) is 32.0. The standard InChI is InChI=1S/C9H14O2/c1-6-4-3-5-8(11)9(6)7(2)10/h6,9H,3-5H2,1-2H3/t6-,9-/m1/s1. The van der Waals surface area contributed by atoms with Gasteiger partial charge in [-0.25, -0.2) is 0 Å². The number of hydrogen-bond donors (Lipinski definition) is 0. The second-order valence-electron chi connectivity index (χ2n) is 3.42. The summed E-state index contributed by atoms with van der Waals surface area (Å²) in [5.74, 6) is 0.177. The van der Waals surface area contributed by atoms with Gasteiger partial charge >= 0.3 is 0 Å². The Balaban J connectivity index is 2.70. The van der Waals surface area contributed by atoms with Crippen LogP contribution in [0.15, 0.2) is 0 Å². The van der Waals surface area contributed by atoms with Crippen LogP contribution in [0.1, 0.15) is 33.1 Å². The van der Waals surface area contributed by atoms with Crippen LogP contribution in [-0.2, 0) is 9.59 Å². The lowest BCUT2D eigenvalue weighted by Crippen LogP contribution is -2.31. The van der Waals surface area contributed by atoms with Crippen molar-refractivity contribution < 1.29 is 9.59 Å². The molecule has 1 aliphatic rings. The average Bonchev–Trinajstić information content (AvgIpc) is 1.85. The van der Waals surface area contributed by atoms with E-state index in [9.17, 15) is 9.59 Å². The first-order valence-corrected chi connectivity index (χ1v) is 4.16. The first kappa shape index (κ1) is 8.44. The van der Waals surface area contributed by atoms with E-state index in [0.717, 1.165) is 12.8 Å². The summed E-state index contributed by atoms with van der Waals surface area (Å²) in [4.78, 5) is 22.2. The molecule has 2 heteroatoms. The van der Waals surface area contributed by atoms with Gasteiger partial charge in [-0.1, -0.05) is 6.92 Å². The van der Waals surface area contributed by atoms with Crippen molar-refractivity contribution >= 4 is 11.6 Å². The lowest BCUT2D eigenvalue weighted by Gasteiger charge is -2.24. The van der Waals surface area contributed by atoms with E-state index >= 15 is 0 Å². The predicted molar refractivity (Wildman–Crippen MR) is 42.2 cm³/mol. The van der Waals surface area contributed by atoms with E-state index in [1.807, 2.05) is 6.92 Å². The molecule has 0 heterocycles. The molecule has 62 valence electrons. The maximum atomic E-state index is 11.2. The number of carbonyl (C=O) groups excluding carboxylic acids is 2. The molecule has 11 heavy (non-hydrogen) atoms. The molecule has 2 atom stereocenters.